The molecular formula is C14H18N2O4. The molecule has 0 aliphatic carbocycles. The zero-order valence-corrected chi connectivity index (χ0v) is 11.4. The lowest BCUT2D eigenvalue weighted by Gasteiger charge is -2.30. The molecule has 20 heavy (non-hydrogen) atoms. The largest absolute Gasteiger partial charge is 0.490 e. The van der Waals surface area contributed by atoms with E-state index in [1.165, 1.54) is 7.11 Å². The topological polar surface area (TPSA) is 72.7 Å². The van der Waals surface area contributed by atoms with Gasteiger partial charge in [-0.15, -0.1) is 0 Å². The van der Waals surface area contributed by atoms with Crippen LogP contribution in [0.2, 0.25) is 0 Å². The van der Waals surface area contributed by atoms with E-state index in [9.17, 15) is 14.9 Å². The van der Waals surface area contributed by atoms with Crippen LogP contribution in [0.15, 0.2) is 18.2 Å². The number of piperidine rings is 1. The van der Waals surface area contributed by atoms with Crippen molar-refractivity contribution in [2.24, 2.45) is 5.92 Å². The summed E-state index contributed by atoms with van der Waals surface area (Å²) in [5.41, 5.74) is 0.845. The van der Waals surface area contributed by atoms with Crippen molar-refractivity contribution in [1.29, 1.82) is 0 Å². The molecule has 0 N–H and O–H groups in total. The number of aldehydes is 1. The van der Waals surface area contributed by atoms with Gasteiger partial charge in [-0.3, -0.25) is 15.0 Å². The zero-order valence-electron chi connectivity index (χ0n) is 11.4. The first-order valence-electron chi connectivity index (χ1n) is 6.63. The molecule has 0 aromatic heterocycles. The molecule has 0 spiro atoms. The molecule has 0 saturated carbocycles. The van der Waals surface area contributed by atoms with Crippen LogP contribution in [-0.2, 0) is 11.3 Å². The van der Waals surface area contributed by atoms with Gasteiger partial charge in [0.15, 0.2) is 5.75 Å². The van der Waals surface area contributed by atoms with Crippen LogP contribution in [0.1, 0.15) is 18.4 Å². The SMILES string of the molecule is COc1ccc(CN2CCCC(C=O)C2)cc1[N+](=O)[O-]. The van der Waals surface area contributed by atoms with Crippen LogP contribution < -0.4 is 4.74 Å². The summed E-state index contributed by atoms with van der Waals surface area (Å²) in [5, 5.41) is 11.0. The van der Waals surface area contributed by atoms with Crippen molar-refractivity contribution in [2.45, 2.75) is 19.4 Å². The second-order valence-electron chi connectivity index (χ2n) is 5.04. The van der Waals surface area contributed by atoms with Crippen LogP contribution in [0.3, 0.4) is 0 Å². The molecule has 0 radical (unpaired) electrons. The van der Waals surface area contributed by atoms with Crippen LogP contribution >= 0.6 is 0 Å². The van der Waals surface area contributed by atoms with Gasteiger partial charge in [-0.25, -0.2) is 0 Å². The van der Waals surface area contributed by atoms with E-state index in [0.29, 0.717) is 6.54 Å². The third-order valence-electron chi connectivity index (χ3n) is 3.58. The summed E-state index contributed by atoms with van der Waals surface area (Å²) in [5.74, 6) is 0.347. The molecule has 1 saturated heterocycles. The van der Waals surface area contributed by atoms with Crippen molar-refractivity contribution in [1.82, 2.24) is 4.90 Å². The molecule has 6 nitrogen and oxygen atoms in total. The Kier molecular flexibility index (Phi) is 4.68. The van der Waals surface area contributed by atoms with Gasteiger partial charge in [0.25, 0.3) is 0 Å². The molecule has 1 atom stereocenters. The highest BCUT2D eigenvalue weighted by Gasteiger charge is 2.21. The number of nitro benzene ring substituents is 1. The summed E-state index contributed by atoms with van der Waals surface area (Å²) in [6, 6.07) is 4.99. The maximum Gasteiger partial charge on any atom is 0.311 e. The molecule has 0 amide bonds. The molecular weight excluding hydrogens is 260 g/mol. The third kappa shape index (κ3) is 3.33. The van der Waals surface area contributed by atoms with Gasteiger partial charge in [0.05, 0.1) is 12.0 Å². The van der Waals surface area contributed by atoms with E-state index in [1.54, 1.807) is 12.1 Å². The highest BCUT2D eigenvalue weighted by atomic mass is 16.6. The molecule has 1 fully saturated rings. The van der Waals surface area contributed by atoms with E-state index in [1.807, 2.05) is 6.07 Å². The summed E-state index contributed by atoms with van der Waals surface area (Å²) < 4.78 is 4.98. The molecule has 1 aliphatic heterocycles. The number of ether oxygens (including phenoxy) is 1. The van der Waals surface area contributed by atoms with Gasteiger partial charge in [-0.1, -0.05) is 6.07 Å². The van der Waals surface area contributed by atoms with E-state index < -0.39 is 4.92 Å². The van der Waals surface area contributed by atoms with Crippen LogP contribution in [0, 0.1) is 16.0 Å². The summed E-state index contributed by atoms with van der Waals surface area (Å²) in [6.45, 7) is 2.27. The minimum atomic E-state index is -0.438. The van der Waals surface area contributed by atoms with Gasteiger partial charge in [0, 0.05) is 25.1 Å². The van der Waals surface area contributed by atoms with Crippen LogP contribution in [0.4, 0.5) is 5.69 Å². The van der Waals surface area contributed by atoms with Crippen molar-refractivity contribution >= 4 is 12.0 Å². The number of hydrogen-bond donors (Lipinski definition) is 0. The summed E-state index contributed by atoms with van der Waals surface area (Å²) >= 11 is 0. The van der Waals surface area contributed by atoms with Crippen LogP contribution in [0.25, 0.3) is 0 Å². The fourth-order valence-electron chi connectivity index (χ4n) is 2.58. The Morgan fingerprint density at radius 1 is 1.55 bits per heavy atom. The molecule has 1 aliphatic rings. The van der Waals surface area contributed by atoms with E-state index >= 15 is 0 Å². The van der Waals surface area contributed by atoms with Gasteiger partial charge in [0.2, 0.25) is 0 Å². The highest BCUT2D eigenvalue weighted by Crippen LogP contribution is 2.28. The number of carbonyl (C=O) groups is 1. The Bertz CT molecular complexity index is 504. The van der Waals surface area contributed by atoms with Crippen molar-refractivity contribution < 1.29 is 14.5 Å². The first kappa shape index (κ1) is 14.5. The Balaban J connectivity index is 2.11. The normalized spacial score (nSPS) is 19.6. The quantitative estimate of drug-likeness (QED) is 0.468. The van der Waals surface area contributed by atoms with Gasteiger partial charge < -0.3 is 9.53 Å². The predicted octanol–water partition coefficient (Wildman–Crippen LogP) is 2.01. The molecule has 1 aromatic rings. The zero-order chi connectivity index (χ0) is 14.5. The maximum atomic E-state index is 11.0. The maximum absolute atomic E-state index is 11.0. The van der Waals surface area contributed by atoms with E-state index in [2.05, 4.69) is 4.90 Å². The Morgan fingerprint density at radius 2 is 2.35 bits per heavy atom. The predicted molar refractivity (Wildman–Crippen MR) is 73.7 cm³/mol. The first-order chi connectivity index (χ1) is 9.63. The molecule has 2 rings (SSSR count). The van der Waals surface area contributed by atoms with Gasteiger partial charge in [-0.2, -0.15) is 0 Å². The smallest absolute Gasteiger partial charge is 0.311 e. The Labute approximate surface area is 117 Å². The monoisotopic (exact) mass is 278 g/mol. The summed E-state index contributed by atoms with van der Waals surface area (Å²) in [6.07, 6.45) is 2.92. The van der Waals surface area contributed by atoms with Gasteiger partial charge in [-0.05, 0) is 31.0 Å². The standard InChI is InChI=1S/C14H18N2O4/c1-20-14-5-4-11(7-13(14)16(18)19)8-15-6-2-3-12(9-15)10-17/h4-5,7,10,12H,2-3,6,8-9H2,1H3. The van der Waals surface area contributed by atoms with Crippen LogP contribution in [-0.4, -0.2) is 36.3 Å². The summed E-state index contributed by atoms with van der Waals surface area (Å²) in [4.78, 5) is 23.6. The fraction of sp³-hybridized carbons (Fsp3) is 0.500. The lowest BCUT2D eigenvalue weighted by Crippen LogP contribution is -2.35. The molecule has 1 aromatic carbocycles. The average Bonchev–Trinajstić information content (AvgIpc) is 2.47. The second-order valence-corrected chi connectivity index (χ2v) is 5.04. The second kappa shape index (κ2) is 6.47. The number of carbonyl (C=O) groups excluding carboxylic acids is 1. The van der Waals surface area contributed by atoms with E-state index in [0.717, 1.165) is 37.8 Å². The molecule has 0 bridgehead atoms. The van der Waals surface area contributed by atoms with Crippen molar-refractivity contribution in [3.63, 3.8) is 0 Å². The number of hydrogen-bond acceptors (Lipinski definition) is 5. The lowest BCUT2D eigenvalue weighted by atomic mass is 9.99. The van der Waals surface area contributed by atoms with Crippen LogP contribution in [0.5, 0.6) is 5.75 Å². The Morgan fingerprint density at radius 3 is 3.00 bits per heavy atom. The lowest BCUT2D eigenvalue weighted by molar-refractivity contribution is -0.385. The number of benzene rings is 1. The van der Waals surface area contributed by atoms with E-state index in [4.69, 9.17) is 4.74 Å². The molecule has 1 unspecified atom stereocenters. The highest BCUT2D eigenvalue weighted by molar-refractivity contribution is 5.54. The van der Waals surface area contributed by atoms with Crippen molar-refractivity contribution in [3.8, 4) is 5.75 Å². The number of nitro groups is 1. The van der Waals surface area contributed by atoms with Gasteiger partial charge in [0.1, 0.15) is 6.29 Å². The number of rotatable bonds is 5. The number of likely N-dealkylation sites (tertiary alicyclic amines) is 1. The third-order valence-corrected chi connectivity index (χ3v) is 3.58. The number of nitrogens with zero attached hydrogens (tertiary/aromatic N) is 2. The fourth-order valence-corrected chi connectivity index (χ4v) is 2.58. The minimum Gasteiger partial charge on any atom is -0.490 e. The van der Waals surface area contributed by atoms with Crippen molar-refractivity contribution in [2.75, 3.05) is 20.2 Å². The molecule has 1 heterocycles. The van der Waals surface area contributed by atoms with Crippen molar-refractivity contribution in [3.05, 3.63) is 33.9 Å². The van der Waals surface area contributed by atoms with E-state index in [-0.39, 0.29) is 17.4 Å². The summed E-state index contributed by atoms with van der Waals surface area (Å²) in [7, 11) is 1.42. The minimum absolute atomic E-state index is 0.0195. The Hall–Kier alpha value is -1.95. The average molecular weight is 278 g/mol. The molecule has 6 heteroatoms. The first-order valence-corrected chi connectivity index (χ1v) is 6.63. The molecule has 108 valence electrons. The van der Waals surface area contributed by atoms with Gasteiger partial charge >= 0.3 is 5.69 Å². The number of methoxy groups -OCH3 is 1.